The molecule has 1 N–H and O–H groups in total. The van der Waals surface area contributed by atoms with Crippen LogP contribution in [-0.2, 0) is 9.53 Å². The van der Waals surface area contributed by atoms with Crippen molar-refractivity contribution < 1.29 is 9.53 Å². The van der Waals surface area contributed by atoms with E-state index < -0.39 is 0 Å². The largest absolute Gasteiger partial charge is 0.372 e. The predicted molar refractivity (Wildman–Crippen MR) is 110 cm³/mol. The van der Waals surface area contributed by atoms with Crippen molar-refractivity contribution in [3.8, 4) is 0 Å². The van der Waals surface area contributed by atoms with Gasteiger partial charge in [0.1, 0.15) is 17.2 Å². The van der Waals surface area contributed by atoms with Crippen LogP contribution in [0.1, 0.15) is 13.8 Å². The summed E-state index contributed by atoms with van der Waals surface area (Å²) < 4.78 is 5.76. The summed E-state index contributed by atoms with van der Waals surface area (Å²) in [6.45, 7) is 5.66. The van der Waals surface area contributed by atoms with Crippen LogP contribution < -0.4 is 10.2 Å². The Morgan fingerprint density at radius 2 is 1.96 bits per heavy atom. The topological polar surface area (TPSA) is 67.4 Å². The number of carbonyl (C=O) groups is 1. The number of halogens is 2. The molecule has 2 aromatic rings. The molecular formula is C18H20Cl2N4O2S. The van der Waals surface area contributed by atoms with E-state index in [1.165, 1.54) is 18.1 Å². The van der Waals surface area contributed by atoms with Crippen molar-refractivity contribution in [2.75, 3.05) is 29.1 Å². The van der Waals surface area contributed by atoms with Gasteiger partial charge < -0.3 is 15.0 Å². The van der Waals surface area contributed by atoms with Crippen LogP contribution in [0, 0.1) is 0 Å². The van der Waals surface area contributed by atoms with Crippen LogP contribution in [0.15, 0.2) is 35.6 Å². The molecule has 1 aromatic heterocycles. The maximum atomic E-state index is 12.2. The molecule has 1 fully saturated rings. The van der Waals surface area contributed by atoms with E-state index in [4.69, 9.17) is 27.9 Å². The van der Waals surface area contributed by atoms with E-state index in [0.29, 0.717) is 15.7 Å². The van der Waals surface area contributed by atoms with E-state index in [1.807, 2.05) is 19.9 Å². The molecule has 0 spiro atoms. The van der Waals surface area contributed by atoms with Crippen molar-refractivity contribution in [2.24, 2.45) is 0 Å². The first-order chi connectivity index (χ1) is 12.9. The average molecular weight is 427 g/mol. The van der Waals surface area contributed by atoms with Crippen LogP contribution in [-0.4, -0.2) is 46.9 Å². The van der Waals surface area contributed by atoms with E-state index in [2.05, 4.69) is 20.2 Å². The minimum absolute atomic E-state index is 0.146. The van der Waals surface area contributed by atoms with Crippen LogP contribution >= 0.6 is 35.0 Å². The Balaban J connectivity index is 1.57. The number of morpholine rings is 1. The summed E-state index contributed by atoms with van der Waals surface area (Å²) in [5, 5.41) is 4.39. The number of hydrogen-bond donors (Lipinski definition) is 1. The van der Waals surface area contributed by atoms with E-state index in [1.54, 1.807) is 18.2 Å². The Bertz CT molecular complexity index is 814. The van der Waals surface area contributed by atoms with Gasteiger partial charge >= 0.3 is 0 Å². The number of anilines is 2. The molecule has 27 heavy (non-hydrogen) atoms. The quantitative estimate of drug-likeness (QED) is 0.572. The van der Waals surface area contributed by atoms with Gasteiger partial charge in [0.15, 0.2) is 0 Å². The summed E-state index contributed by atoms with van der Waals surface area (Å²) in [5.41, 5.74) is 0.606. The zero-order valence-electron chi connectivity index (χ0n) is 15.0. The molecule has 0 bridgehead atoms. The highest BCUT2D eigenvalue weighted by Crippen LogP contribution is 2.26. The Morgan fingerprint density at radius 3 is 2.67 bits per heavy atom. The van der Waals surface area contributed by atoms with Gasteiger partial charge in [-0.1, -0.05) is 35.0 Å². The number of rotatable bonds is 5. The number of carbonyl (C=O) groups excluding carboxylic acids is 1. The Labute approximate surface area is 172 Å². The zero-order valence-corrected chi connectivity index (χ0v) is 17.3. The highest BCUT2D eigenvalue weighted by atomic mass is 35.5. The maximum absolute atomic E-state index is 12.2. The van der Waals surface area contributed by atoms with Gasteiger partial charge in [-0.2, -0.15) is 0 Å². The molecule has 2 heterocycles. The molecule has 3 rings (SSSR count). The fourth-order valence-electron chi connectivity index (χ4n) is 2.86. The Kier molecular flexibility index (Phi) is 6.81. The summed E-state index contributed by atoms with van der Waals surface area (Å²) >= 11 is 13.2. The molecule has 1 amide bonds. The summed E-state index contributed by atoms with van der Waals surface area (Å²) in [4.78, 5) is 23.0. The summed E-state index contributed by atoms with van der Waals surface area (Å²) in [6, 6.07) is 6.88. The van der Waals surface area contributed by atoms with Crippen molar-refractivity contribution in [3.63, 3.8) is 0 Å². The van der Waals surface area contributed by atoms with E-state index in [0.717, 1.165) is 23.9 Å². The highest BCUT2D eigenvalue weighted by Gasteiger charge is 2.23. The lowest BCUT2D eigenvalue weighted by Gasteiger charge is -2.36. The molecule has 144 valence electrons. The second-order valence-corrected chi connectivity index (χ2v) is 8.15. The lowest BCUT2D eigenvalue weighted by Crippen LogP contribution is -2.45. The van der Waals surface area contributed by atoms with Crippen molar-refractivity contribution in [1.29, 1.82) is 0 Å². The molecule has 1 aliphatic heterocycles. The zero-order chi connectivity index (χ0) is 19.4. The van der Waals surface area contributed by atoms with Gasteiger partial charge in [-0.05, 0) is 32.0 Å². The Hall–Kier alpha value is -1.54. The number of nitrogens with zero attached hydrogens (tertiary/aromatic N) is 3. The maximum Gasteiger partial charge on any atom is 0.234 e. The number of hydrogen-bond acceptors (Lipinski definition) is 6. The third kappa shape index (κ3) is 5.72. The van der Waals surface area contributed by atoms with E-state index in [-0.39, 0.29) is 23.9 Å². The third-order valence-corrected chi connectivity index (χ3v) is 5.59. The van der Waals surface area contributed by atoms with Crippen LogP contribution in [0.2, 0.25) is 10.0 Å². The van der Waals surface area contributed by atoms with Crippen molar-refractivity contribution in [3.05, 3.63) is 40.6 Å². The van der Waals surface area contributed by atoms with Crippen LogP contribution in [0.5, 0.6) is 0 Å². The van der Waals surface area contributed by atoms with E-state index in [9.17, 15) is 4.79 Å². The molecule has 9 heteroatoms. The molecule has 1 aromatic carbocycles. The van der Waals surface area contributed by atoms with Gasteiger partial charge in [-0.15, -0.1) is 0 Å². The second kappa shape index (κ2) is 9.10. The fraction of sp³-hybridized carbons (Fsp3) is 0.389. The van der Waals surface area contributed by atoms with Crippen molar-refractivity contribution >= 4 is 52.4 Å². The summed E-state index contributed by atoms with van der Waals surface area (Å²) in [5.74, 6) is 0.929. The number of nitrogens with one attached hydrogen (secondary N) is 1. The van der Waals surface area contributed by atoms with Gasteiger partial charge in [0.25, 0.3) is 0 Å². The monoisotopic (exact) mass is 426 g/mol. The second-order valence-electron chi connectivity index (χ2n) is 6.34. The molecule has 2 unspecified atom stereocenters. The van der Waals surface area contributed by atoms with Crippen LogP contribution in [0.3, 0.4) is 0 Å². The normalized spacial score (nSPS) is 19.8. The number of thioether (sulfide) groups is 1. The van der Waals surface area contributed by atoms with Crippen LogP contribution in [0.25, 0.3) is 0 Å². The number of benzene rings is 1. The molecule has 0 aliphatic carbocycles. The minimum Gasteiger partial charge on any atom is -0.372 e. The lowest BCUT2D eigenvalue weighted by molar-refractivity contribution is -0.113. The molecule has 1 saturated heterocycles. The van der Waals surface area contributed by atoms with Crippen molar-refractivity contribution in [1.82, 2.24) is 9.97 Å². The number of ether oxygens (including phenoxy) is 1. The first-order valence-electron chi connectivity index (χ1n) is 8.51. The van der Waals surface area contributed by atoms with Crippen LogP contribution in [0.4, 0.5) is 11.5 Å². The highest BCUT2D eigenvalue weighted by molar-refractivity contribution is 7.99. The number of amides is 1. The van der Waals surface area contributed by atoms with Crippen molar-refractivity contribution in [2.45, 2.75) is 31.1 Å². The third-order valence-electron chi connectivity index (χ3n) is 3.93. The predicted octanol–water partition coefficient (Wildman–Crippen LogP) is 4.13. The summed E-state index contributed by atoms with van der Waals surface area (Å²) in [6.07, 6.45) is 1.83. The molecule has 1 aliphatic rings. The molecule has 0 radical (unpaired) electrons. The smallest absolute Gasteiger partial charge is 0.234 e. The van der Waals surface area contributed by atoms with Gasteiger partial charge in [-0.3, -0.25) is 4.79 Å². The molecule has 6 nitrogen and oxygen atoms in total. The van der Waals surface area contributed by atoms with Gasteiger partial charge in [0.05, 0.1) is 28.0 Å². The number of aromatic nitrogens is 2. The minimum atomic E-state index is -0.146. The van der Waals surface area contributed by atoms with E-state index >= 15 is 0 Å². The molecule has 0 saturated carbocycles. The SMILES string of the molecule is CC1CN(c2cc(SCC(=O)Nc3ccc(Cl)c(Cl)c3)ncn2)CC(C)O1. The van der Waals surface area contributed by atoms with Gasteiger partial charge in [-0.25, -0.2) is 9.97 Å². The van der Waals surface area contributed by atoms with Gasteiger partial charge in [0.2, 0.25) is 5.91 Å². The first kappa shape index (κ1) is 20.2. The fourth-order valence-corrected chi connectivity index (χ4v) is 3.82. The van der Waals surface area contributed by atoms with Gasteiger partial charge in [0, 0.05) is 24.8 Å². The summed E-state index contributed by atoms with van der Waals surface area (Å²) in [7, 11) is 0. The molecular weight excluding hydrogens is 407 g/mol. The molecule has 2 atom stereocenters. The standard InChI is InChI=1S/C18H20Cl2N4O2S/c1-11-7-24(8-12(2)26-11)16-6-18(22-10-21-16)27-9-17(25)23-13-3-4-14(19)15(20)5-13/h3-6,10-12H,7-9H2,1-2H3,(H,23,25). The lowest BCUT2D eigenvalue weighted by atomic mass is 10.2. The Morgan fingerprint density at radius 1 is 1.22 bits per heavy atom. The first-order valence-corrected chi connectivity index (χ1v) is 10.2. The average Bonchev–Trinajstić information content (AvgIpc) is 2.62.